The van der Waals surface area contributed by atoms with E-state index in [0.717, 1.165) is 199 Å². The normalized spacial score (nSPS) is 13.3. The van der Waals surface area contributed by atoms with E-state index in [4.69, 9.17) is 14.2 Å². The number of rotatable bonds is 58. The summed E-state index contributed by atoms with van der Waals surface area (Å²) in [5.41, 5.74) is 0. The van der Waals surface area contributed by atoms with Gasteiger partial charge in [-0.3, -0.25) is 14.4 Å². The molecule has 83 heavy (non-hydrogen) atoms. The quantitative estimate of drug-likeness (QED) is 0.0261. The first-order chi connectivity index (χ1) is 41.0. The van der Waals surface area contributed by atoms with Crippen LogP contribution in [0.25, 0.3) is 0 Å². The van der Waals surface area contributed by atoms with Crippen LogP contribution in [0.5, 0.6) is 0 Å². The van der Waals surface area contributed by atoms with Crippen LogP contribution in [-0.2, 0) is 28.6 Å². The van der Waals surface area contributed by atoms with Crippen LogP contribution in [-0.4, -0.2) is 37.2 Å². The molecule has 1 atom stereocenters. The Morgan fingerprint density at radius 1 is 0.241 bits per heavy atom. The molecule has 0 fully saturated rings. The Labute approximate surface area is 510 Å². The number of hydrogen-bond donors (Lipinski definition) is 0. The highest BCUT2D eigenvalue weighted by atomic mass is 16.6. The molecule has 6 heteroatoms. The molecule has 0 aromatic heterocycles. The summed E-state index contributed by atoms with van der Waals surface area (Å²) in [5, 5.41) is 0. The molecule has 0 saturated carbocycles. The van der Waals surface area contributed by atoms with Crippen LogP contribution >= 0.6 is 0 Å². The van der Waals surface area contributed by atoms with Crippen LogP contribution in [0.1, 0.15) is 265 Å². The largest absolute Gasteiger partial charge is 0.462 e. The Kier molecular flexibility index (Phi) is 64.4. The van der Waals surface area contributed by atoms with E-state index in [9.17, 15) is 14.4 Å². The van der Waals surface area contributed by atoms with Gasteiger partial charge < -0.3 is 14.2 Å². The fraction of sp³-hybridized carbons (Fsp3) is 0.571. The lowest BCUT2D eigenvalue weighted by atomic mass is 10.1. The van der Waals surface area contributed by atoms with Gasteiger partial charge in [-0.2, -0.15) is 0 Å². The minimum atomic E-state index is -0.813. The monoisotopic (exact) mass is 1140 g/mol. The second-order valence-corrected chi connectivity index (χ2v) is 21.2. The van der Waals surface area contributed by atoms with Crippen LogP contribution < -0.4 is 0 Å². The van der Waals surface area contributed by atoms with Crippen molar-refractivity contribution >= 4 is 17.9 Å². The molecular weight excluding hydrogens is 1020 g/mol. The number of allylic oxidation sites excluding steroid dienone is 30. The average molecular weight is 1140 g/mol. The van der Waals surface area contributed by atoms with Gasteiger partial charge in [0, 0.05) is 19.3 Å². The van der Waals surface area contributed by atoms with Gasteiger partial charge in [0.15, 0.2) is 6.10 Å². The summed E-state index contributed by atoms with van der Waals surface area (Å²) >= 11 is 0. The summed E-state index contributed by atoms with van der Waals surface area (Å²) in [6, 6.07) is 0. The SMILES string of the molecule is CC/C=C\C/C=C\C/C=C\C/C=C\C/C=C\C/C=C\C/C=C\CCCCCCCCCC(=O)OCC(COC(=O)CCCCCCC/C=C\C/C=C\C/C=C\CC)OC(=O)CCCCCCC/C=C\C/C=C\C/C=C\C/C=C\C/C=C\CC. The molecule has 0 aromatic rings. The molecule has 0 aromatic carbocycles. The third kappa shape index (κ3) is 67.2. The molecule has 0 N–H and O–H groups in total. The van der Waals surface area contributed by atoms with Gasteiger partial charge in [0.05, 0.1) is 0 Å². The van der Waals surface area contributed by atoms with Gasteiger partial charge in [-0.25, -0.2) is 0 Å². The fourth-order valence-electron chi connectivity index (χ4n) is 8.52. The Hall–Kier alpha value is -5.49. The molecule has 0 aliphatic heterocycles. The van der Waals surface area contributed by atoms with Crippen molar-refractivity contribution in [1.82, 2.24) is 0 Å². The number of carbonyl (C=O) groups excluding carboxylic acids is 3. The van der Waals surface area contributed by atoms with Gasteiger partial charge in [0.25, 0.3) is 0 Å². The van der Waals surface area contributed by atoms with Crippen molar-refractivity contribution < 1.29 is 28.6 Å². The highest BCUT2D eigenvalue weighted by Crippen LogP contribution is 2.14. The lowest BCUT2D eigenvalue weighted by Crippen LogP contribution is -2.30. The van der Waals surface area contributed by atoms with Gasteiger partial charge >= 0.3 is 17.9 Å². The maximum absolute atomic E-state index is 12.9. The van der Waals surface area contributed by atoms with Crippen LogP contribution in [0.3, 0.4) is 0 Å². The minimum Gasteiger partial charge on any atom is -0.462 e. The third-order valence-electron chi connectivity index (χ3n) is 13.4. The fourth-order valence-corrected chi connectivity index (χ4v) is 8.52. The summed E-state index contributed by atoms with van der Waals surface area (Å²) < 4.78 is 16.9. The van der Waals surface area contributed by atoms with E-state index in [0.29, 0.717) is 19.3 Å². The first kappa shape index (κ1) is 77.5. The molecule has 0 spiro atoms. The number of unbranched alkanes of at least 4 members (excludes halogenated alkanes) is 17. The second-order valence-electron chi connectivity index (χ2n) is 21.2. The average Bonchev–Trinajstić information content (AvgIpc) is 3.49. The van der Waals surface area contributed by atoms with E-state index >= 15 is 0 Å². The van der Waals surface area contributed by atoms with Crippen molar-refractivity contribution in [2.45, 2.75) is 271 Å². The molecule has 0 amide bonds. The molecule has 0 radical (unpaired) electrons. The van der Waals surface area contributed by atoms with Gasteiger partial charge in [-0.05, 0) is 154 Å². The molecule has 6 nitrogen and oxygen atoms in total. The Morgan fingerprint density at radius 3 is 0.675 bits per heavy atom. The first-order valence-corrected chi connectivity index (χ1v) is 33.3. The molecule has 1 unspecified atom stereocenters. The predicted octanol–water partition coefficient (Wildman–Crippen LogP) is 23.2. The Morgan fingerprint density at radius 2 is 0.434 bits per heavy atom. The summed E-state index contributed by atoms with van der Waals surface area (Å²) in [4.78, 5) is 38.4. The summed E-state index contributed by atoms with van der Waals surface area (Å²) in [7, 11) is 0. The zero-order chi connectivity index (χ0) is 59.9. The van der Waals surface area contributed by atoms with E-state index in [-0.39, 0.29) is 31.1 Å². The highest BCUT2D eigenvalue weighted by Gasteiger charge is 2.19. The number of ether oxygens (including phenoxy) is 3. The molecule has 0 aliphatic rings. The number of carbonyl (C=O) groups is 3. The van der Waals surface area contributed by atoms with E-state index in [1.807, 2.05) is 0 Å². The standard InChI is InChI=1S/C77H120O6/c1-4-7-10-13-16-19-22-25-28-30-32-34-35-36-37-38-39-40-41-43-44-46-49-52-55-58-61-64-67-70-76(79)82-73-74(72-81-75(78)69-66-63-60-57-54-51-48-27-24-21-18-15-12-9-6-3)83-77(80)71-68-65-62-59-56-53-50-47-45-42-33-31-29-26-23-20-17-14-11-8-5-2/h7-12,16-21,25-29,32-34,36-37,39-40,42-44,47-48,50,74H,4-6,13-15,22-24,30-31,35,38,41,45-46,49,51-73H2,1-3H3/b10-7-,11-8-,12-9-,19-16-,20-17-,21-18-,28-25-,29-26-,34-32-,37-36-,40-39-,42-33-,44-43-,48-27-,50-47-. The number of esters is 3. The Bertz CT molecular complexity index is 1940. The minimum absolute atomic E-state index is 0.107. The molecule has 0 aliphatic carbocycles. The van der Waals surface area contributed by atoms with Crippen molar-refractivity contribution in [2.24, 2.45) is 0 Å². The third-order valence-corrected chi connectivity index (χ3v) is 13.4. The van der Waals surface area contributed by atoms with Gasteiger partial charge in [-0.1, -0.05) is 274 Å². The van der Waals surface area contributed by atoms with Crippen molar-refractivity contribution in [1.29, 1.82) is 0 Å². The predicted molar refractivity (Wildman–Crippen MR) is 361 cm³/mol. The Balaban J connectivity index is 4.45. The first-order valence-electron chi connectivity index (χ1n) is 33.3. The van der Waals surface area contributed by atoms with Crippen LogP contribution in [0, 0.1) is 0 Å². The zero-order valence-corrected chi connectivity index (χ0v) is 53.1. The van der Waals surface area contributed by atoms with Crippen LogP contribution in [0.4, 0.5) is 0 Å². The summed E-state index contributed by atoms with van der Waals surface area (Å²) in [6.45, 7) is 6.26. The second kappa shape index (κ2) is 69.0. The number of hydrogen-bond acceptors (Lipinski definition) is 6. The molecule has 464 valence electrons. The summed E-state index contributed by atoms with van der Waals surface area (Å²) in [6.07, 6.45) is 103. The lowest BCUT2D eigenvalue weighted by molar-refractivity contribution is -0.167. The van der Waals surface area contributed by atoms with E-state index in [2.05, 4.69) is 203 Å². The van der Waals surface area contributed by atoms with Crippen LogP contribution in [0.15, 0.2) is 182 Å². The van der Waals surface area contributed by atoms with E-state index in [1.165, 1.54) is 25.7 Å². The summed E-state index contributed by atoms with van der Waals surface area (Å²) in [5.74, 6) is -0.957. The molecule has 0 saturated heterocycles. The van der Waals surface area contributed by atoms with Gasteiger partial charge in [0.1, 0.15) is 13.2 Å². The molecule has 0 bridgehead atoms. The van der Waals surface area contributed by atoms with E-state index in [1.54, 1.807) is 0 Å². The smallest absolute Gasteiger partial charge is 0.306 e. The van der Waals surface area contributed by atoms with E-state index < -0.39 is 6.10 Å². The maximum Gasteiger partial charge on any atom is 0.306 e. The maximum atomic E-state index is 12.9. The van der Waals surface area contributed by atoms with Crippen LogP contribution in [0.2, 0.25) is 0 Å². The van der Waals surface area contributed by atoms with Crippen molar-refractivity contribution in [3.8, 4) is 0 Å². The van der Waals surface area contributed by atoms with Gasteiger partial charge in [-0.15, -0.1) is 0 Å². The molecular formula is C77H120O6. The van der Waals surface area contributed by atoms with Gasteiger partial charge in [0.2, 0.25) is 0 Å². The highest BCUT2D eigenvalue weighted by molar-refractivity contribution is 5.71. The molecule has 0 rings (SSSR count). The van der Waals surface area contributed by atoms with Crippen molar-refractivity contribution in [2.75, 3.05) is 13.2 Å². The zero-order valence-electron chi connectivity index (χ0n) is 53.1. The molecule has 0 heterocycles. The van der Waals surface area contributed by atoms with Crippen molar-refractivity contribution in [3.63, 3.8) is 0 Å². The lowest BCUT2D eigenvalue weighted by Gasteiger charge is -2.18. The topological polar surface area (TPSA) is 78.9 Å². The van der Waals surface area contributed by atoms with Crippen molar-refractivity contribution in [3.05, 3.63) is 182 Å².